The van der Waals surface area contributed by atoms with Gasteiger partial charge in [0, 0.05) is 12.5 Å². The number of benzene rings is 1. The minimum absolute atomic E-state index is 0.277. The topological polar surface area (TPSA) is 53.5 Å². The summed E-state index contributed by atoms with van der Waals surface area (Å²) in [6, 6.07) is 7.54. The molecule has 1 aromatic heterocycles. The molecular formula is C15H15BrN2O3. The van der Waals surface area contributed by atoms with Crippen LogP contribution in [-0.2, 0) is 13.0 Å². The van der Waals surface area contributed by atoms with Gasteiger partial charge in [0.2, 0.25) is 12.7 Å². The van der Waals surface area contributed by atoms with Gasteiger partial charge < -0.3 is 14.2 Å². The monoisotopic (exact) mass is 350 g/mol. The maximum Gasteiger partial charge on any atom is 0.231 e. The second-order valence-electron chi connectivity index (χ2n) is 4.67. The van der Waals surface area contributed by atoms with Crippen molar-refractivity contribution in [2.24, 2.45) is 0 Å². The van der Waals surface area contributed by atoms with Gasteiger partial charge in [-0.15, -0.1) is 0 Å². The quantitative estimate of drug-likeness (QED) is 0.772. The molecule has 0 amide bonds. The highest BCUT2D eigenvalue weighted by Gasteiger charge is 2.13. The highest BCUT2D eigenvalue weighted by molar-refractivity contribution is 9.10. The Morgan fingerprint density at radius 1 is 1.19 bits per heavy atom. The summed E-state index contributed by atoms with van der Waals surface area (Å²) < 4.78 is 17.1. The number of aryl methyl sites for hydroxylation is 1. The van der Waals surface area contributed by atoms with Crippen molar-refractivity contribution in [3.8, 4) is 17.4 Å². The third-order valence-corrected chi connectivity index (χ3v) is 3.42. The lowest BCUT2D eigenvalue weighted by Crippen LogP contribution is -2.01. The van der Waals surface area contributed by atoms with Crippen molar-refractivity contribution in [3.05, 3.63) is 40.3 Å². The number of fused-ring (bicyclic) bond motifs is 1. The van der Waals surface area contributed by atoms with Crippen LogP contribution in [0.15, 0.2) is 28.9 Å². The van der Waals surface area contributed by atoms with Crippen molar-refractivity contribution in [1.29, 1.82) is 0 Å². The average molecular weight is 351 g/mol. The Bertz CT molecular complexity index is 649. The molecule has 110 valence electrons. The van der Waals surface area contributed by atoms with Gasteiger partial charge in [-0.3, -0.25) is 0 Å². The van der Waals surface area contributed by atoms with Crippen LogP contribution < -0.4 is 14.2 Å². The van der Waals surface area contributed by atoms with Crippen LogP contribution in [-0.4, -0.2) is 16.8 Å². The lowest BCUT2D eigenvalue weighted by atomic mass is 10.2. The van der Waals surface area contributed by atoms with Crippen molar-refractivity contribution in [1.82, 2.24) is 9.97 Å². The zero-order chi connectivity index (χ0) is 14.7. The predicted octanol–water partition coefficient (Wildman–Crippen LogP) is 3.50. The summed E-state index contributed by atoms with van der Waals surface area (Å²) in [5, 5.41) is 0. The maximum absolute atomic E-state index is 5.74. The third-order valence-electron chi connectivity index (χ3n) is 3.01. The van der Waals surface area contributed by atoms with Gasteiger partial charge in [-0.05, 0) is 40.0 Å². The molecule has 0 unspecified atom stereocenters. The molecule has 2 aromatic rings. The Labute approximate surface area is 131 Å². The van der Waals surface area contributed by atoms with E-state index < -0.39 is 0 Å². The minimum Gasteiger partial charge on any atom is -0.473 e. The van der Waals surface area contributed by atoms with Gasteiger partial charge in [0.15, 0.2) is 11.5 Å². The number of aromatic nitrogens is 2. The number of hydrogen-bond donors (Lipinski definition) is 0. The Morgan fingerprint density at radius 3 is 2.90 bits per heavy atom. The molecule has 0 bridgehead atoms. The number of rotatable bonds is 5. The van der Waals surface area contributed by atoms with E-state index in [2.05, 4.69) is 32.8 Å². The molecule has 0 spiro atoms. The summed E-state index contributed by atoms with van der Waals surface area (Å²) in [6.07, 6.45) is 1.83. The smallest absolute Gasteiger partial charge is 0.231 e. The SMILES string of the molecule is CCCc1nc(Br)cc(OCc2ccc3c(c2)OCO3)n1. The van der Waals surface area contributed by atoms with Crippen LogP contribution in [0.3, 0.4) is 0 Å². The Hall–Kier alpha value is -1.82. The van der Waals surface area contributed by atoms with Crippen molar-refractivity contribution in [2.75, 3.05) is 6.79 Å². The van der Waals surface area contributed by atoms with E-state index in [0.29, 0.717) is 12.5 Å². The molecule has 5 nitrogen and oxygen atoms in total. The molecule has 0 aliphatic carbocycles. The molecule has 1 aromatic carbocycles. The molecule has 0 saturated heterocycles. The summed E-state index contributed by atoms with van der Waals surface area (Å²) >= 11 is 3.38. The van der Waals surface area contributed by atoms with Gasteiger partial charge in [0.1, 0.15) is 17.0 Å². The summed E-state index contributed by atoms with van der Waals surface area (Å²) in [7, 11) is 0. The molecule has 1 aliphatic heterocycles. The van der Waals surface area contributed by atoms with Gasteiger partial charge in [-0.2, -0.15) is 4.98 Å². The Kier molecular flexibility index (Phi) is 4.24. The molecule has 6 heteroatoms. The van der Waals surface area contributed by atoms with Gasteiger partial charge in [-0.1, -0.05) is 13.0 Å². The van der Waals surface area contributed by atoms with Crippen LogP contribution >= 0.6 is 15.9 Å². The van der Waals surface area contributed by atoms with Crippen molar-refractivity contribution in [3.63, 3.8) is 0 Å². The lowest BCUT2D eigenvalue weighted by molar-refractivity contribution is 0.174. The fourth-order valence-electron chi connectivity index (χ4n) is 2.04. The molecule has 2 heterocycles. The number of halogens is 1. The molecule has 21 heavy (non-hydrogen) atoms. The molecule has 0 radical (unpaired) electrons. The van der Waals surface area contributed by atoms with Crippen LogP contribution in [0.1, 0.15) is 24.7 Å². The second kappa shape index (κ2) is 6.30. The summed E-state index contributed by atoms with van der Waals surface area (Å²) in [6.45, 7) is 2.79. The van der Waals surface area contributed by atoms with Crippen molar-refractivity contribution >= 4 is 15.9 Å². The predicted molar refractivity (Wildman–Crippen MR) is 80.6 cm³/mol. The number of nitrogens with zero attached hydrogens (tertiary/aromatic N) is 2. The van der Waals surface area contributed by atoms with E-state index in [0.717, 1.165) is 40.3 Å². The van der Waals surface area contributed by atoms with E-state index in [1.165, 1.54) is 0 Å². The zero-order valence-corrected chi connectivity index (χ0v) is 13.2. The van der Waals surface area contributed by atoms with Crippen LogP contribution in [0.25, 0.3) is 0 Å². The molecule has 0 N–H and O–H groups in total. The van der Waals surface area contributed by atoms with E-state index in [4.69, 9.17) is 14.2 Å². The maximum atomic E-state index is 5.74. The van der Waals surface area contributed by atoms with Crippen LogP contribution in [0.2, 0.25) is 0 Å². The number of ether oxygens (including phenoxy) is 3. The van der Waals surface area contributed by atoms with Gasteiger partial charge >= 0.3 is 0 Å². The zero-order valence-electron chi connectivity index (χ0n) is 11.6. The number of hydrogen-bond acceptors (Lipinski definition) is 5. The molecule has 0 atom stereocenters. The fraction of sp³-hybridized carbons (Fsp3) is 0.333. The van der Waals surface area contributed by atoms with E-state index in [9.17, 15) is 0 Å². The Morgan fingerprint density at radius 2 is 2.05 bits per heavy atom. The summed E-state index contributed by atoms with van der Waals surface area (Å²) in [5.74, 6) is 2.88. The Balaban J connectivity index is 1.69. The summed E-state index contributed by atoms with van der Waals surface area (Å²) in [5.41, 5.74) is 1.01. The van der Waals surface area contributed by atoms with Crippen LogP contribution in [0.5, 0.6) is 17.4 Å². The first-order valence-electron chi connectivity index (χ1n) is 6.79. The largest absolute Gasteiger partial charge is 0.473 e. The van der Waals surface area contributed by atoms with E-state index >= 15 is 0 Å². The first-order chi connectivity index (χ1) is 10.2. The molecule has 0 saturated carbocycles. The standard InChI is InChI=1S/C15H15BrN2O3/c1-2-3-14-17-13(16)7-15(18-14)19-8-10-4-5-11-12(6-10)21-9-20-11/h4-7H,2-3,8-9H2,1H3. The van der Waals surface area contributed by atoms with Gasteiger partial charge in [0.25, 0.3) is 0 Å². The fourth-order valence-corrected chi connectivity index (χ4v) is 2.44. The third kappa shape index (κ3) is 3.44. The van der Waals surface area contributed by atoms with Crippen molar-refractivity contribution in [2.45, 2.75) is 26.4 Å². The minimum atomic E-state index is 0.277. The van der Waals surface area contributed by atoms with Gasteiger partial charge in [0.05, 0.1) is 0 Å². The normalized spacial score (nSPS) is 12.5. The molecular weight excluding hydrogens is 336 g/mol. The van der Waals surface area contributed by atoms with E-state index in [-0.39, 0.29) is 6.79 Å². The highest BCUT2D eigenvalue weighted by atomic mass is 79.9. The van der Waals surface area contributed by atoms with Gasteiger partial charge in [-0.25, -0.2) is 4.98 Å². The molecule has 0 fully saturated rings. The first-order valence-corrected chi connectivity index (χ1v) is 7.58. The molecule has 1 aliphatic rings. The van der Waals surface area contributed by atoms with Crippen LogP contribution in [0, 0.1) is 0 Å². The van der Waals surface area contributed by atoms with E-state index in [1.54, 1.807) is 6.07 Å². The lowest BCUT2D eigenvalue weighted by Gasteiger charge is -2.08. The highest BCUT2D eigenvalue weighted by Crippen LogP contribution is 2.32. The van der Waals surface area contributed by atoms with Crippen molar-refractivity contribution < 1.29 is 14.2 Å². The average Bonchev–Trinajstić information content (AvgIpc) is 2.92. The second-order valence-corrected chi connectivity index (χ2v) is 5.48. The van der Waals surface area contributed by atoms with Crippen LogP contribution in [0.4, 0.5) is 0 Å². The summed E-state index contributed by atoms with van der Waals surface area (Å²) in [4.78, 5) is 8.71. The van der Waals surface area contributed by atoms with E-state index in [1.807, 2.05) is 18.2 Å². The molecule has 3 rings (SSSR count). The first kappa shape index (κ1) is 14.1.